The fraction of sp³-hybridized carbons (Fsp3) is 0.0714. The first kappa shape index (κ1) is 15.9. The summed E-state index contributed by atoms with van der Waals surface area (Å²) in [5, 5.41) is 13.4. The van der Waals surface area contributed by atoms with Crippen molar-refractivity contribution in [2.75, 3.05) is 7.05 Å². The van der Waals surface area contributed by atoms with Crippen LogP contribution in [0.1, 0.15) is 10.4 Å². The van der Waals surface area contributed by atoms with E-state index in [2.05, 4.69) is 5.32 Å². The van der Waals surface area contributed by atoms with Gasteiger partial charge < -0.3 is 5.32 Å². The van der Waals surface area contributed by atoms with Crippen molar-refractivity contribution >= 4 is 23.4 Å². The molecule has 0 saturated carbocycles. The highest BCUT2D eigenvalue weighted by molar-refractivity contribution is 7.99. The number of nitro benzene ring substituents is 1. The lowest BCUT2D eigenvalue weighted by molar-refractivity contribution is -0.387. The Bertz CT molecular complexity index is 753. The van der Waals surface area contributed by atoms with E-state index < -0.39 is 22.5 Å². The zero-order valence-corrected chi connectivity index (χ0v) is 12.1. The molecule has 0 aliphatic carbocycles. The number of benzene rings is 2. The largest absolute Gasteiger partial charge is 0.355 e. The van der Waals surface area contributed by atoms with Crippen molar-refractivity contribution < 1.29 is 18.5 Å². The first-order chi connectivity index (χ1) is 10.4. The Kier molecular flexibility index (Phi) is 4.71. The van der Waals surface area contributed by atoms with Gasteiger partial charge in [0, 0.05) is 29.6 Å². The third kappa shape index (κ3) is 3.40. The molecule has 0 unspecified atom stereocenters. The van der Waals surface area contributed by atoms with Gasteiger partial charge in [-0.3, -0.25) is 14.9 Å². The molecule has 2 aromatic rings. The molecule has 2 aromatic carbocycles. The monoisotopic (exact) mass is 324 g/mol. The second-order valence-corrected chi connectivity index (χ2v) is 5.28. The number of halogens is 2. The first-order valence-electron chi connectivity index (χ1n) is 6.06. The summed E-state index contributed by atoms with van der Waals surface area (Å²) in [6.45, 7) is 0. The minimum Gasteiger partial charge on any atom is -0.355 e. The van der Waals surface area contributed by atoms with Gasteiger partial charge in [-0.05, 0) is 24.3 Å². The van der Waals surface area contributed by atoms with E-state index >= 15 is 0 Å². The van der Waals surface area contributed by atoms with Crippen molar-refractivity contribution in [3.63, 3.8) is 0 Å². The molecule has 0 saturated heterocycles. The van der Waals surface area contributed by atoms with E-state index in [1.165, 1.54) is 31.3 Å². The van der Waals surface area contributed by atoms with Crippen LogP contribution in [0.2, 0.25) is 0 Å². The average Bonchev–Trinajstić information content (AvgIpc) is 2.49. The number of carbonyl (C=O) groups excluding carboxylic acids is 1. The van der Waals surface area contributed by atoms with Gasteiger partial charge in [0.25, 0.3) is 11.6 Å². The Morgan fingerprint density at radius 2 is 1.91 bits per heavy atom. The summed E-state index contributed by atoms with van der Waals surface area (Å²) in [5.41, 5.74) is -0.0560. The summed E-state index contributed by atoms with van der Waals surface area (Å²) in [6.07, 6.45) is 0. The second-order valence-electron chi connectivity index (χ2n) is 4.20. The molecule has 0 aliphatic rings. The zero-order chi connectivity index (χ0) is 16.3. The van der Waals surface area contributed by atoms with Gasteiger partial charge in [0.15, 0.2) is 0 Å². The van der Waals surface area contributed by atoms with Crippen LogP contribution in [0.25, 0.3) is 0 Å². The highest BCUT2D eigenvalue weighted by Gasteiger charge is 2.19. The Balaban J connectivity index is 2.46. The minimum atomic E-state index is -0.829. The summed E-state index contributed by atoms with van der Waals surface area (Å²) in [4.78, 5) is 22.1. The molecule has 0 bridgehead atoms. The number of carbonyl (C=O) groups is 1. The van der Waals surface area contributed by atoms with Crippen molar-refractivity contribution in [1.82, 2.24) is 5.32 Å². The molecule has 114 valence electrons. The summed E-state index contributed by atoms with van der Waals surface area (Å²) in [7, 11) is 1.43. The summed E-state index contributed by atoms with van der Waals surface area (Å²) in [6, 6.07) is 6.71. The van der Waals surface area contributed by atoms with E-state index in [4.69, 9.17) is 0 Å². The maximum atomic E-state index is 13.7. The number of nitrogens with zero attached hydrogens (tertiary/aromatic N) is 1. The number of nitrogens with one attached hydrogen (secondary N) is 1. The van der Waals surface area contributed by atoms with Crippen LogP contribution in [0.5, 0.6) is 0 Å². The molecule has 8 heteroatoms. The lowest BCUT2D eigenvalue weighted by Crippen LogP contribution is -2.17. The molecule has 22 heavy (non-hydrogen) atoms. The normalized spacial score (nSPS) is 10.3. The summed E-state index contributed by atoms with van der Waals surface area (Å²) in [5.74, 6) is -1.99. The minimum absolute atomic E-state index is 0.0264. The Hall–Kier alpha value is -2.48. The standard InChI is InChI=1S/C14H10F2N2O3S/c1-17-14(19)8-2-4-11(18(20)21)13(6-8)22-12-5-3-9(15)7-10(12)16/h2-7H,1H3,(H,17,19). The zero-order valence-electron chi connectivity index (χ0n) is 11.3. The van der Waals surface area contributed by atoms with Gasteiger partial charge >= 0.3 is 0 Å². The van der Waals surface area contributed by atoms with E-state index in [1.54, 1.807) is 0 Å². The fourth-order valence-corrected chi connectivity index (χ4v) is 2.67. The predicted molar refractivity (Wildman–Crippen MR) is 77.0 cm³/mol. The third-order valence-corrected chi connectivity index (χ3v) is 3.86. The highest BCUT2D eigenvalue weighted by Crippen LogP contribution is 2.36. The lowest BCUT2D eigenvalue weighted by atomic mass is 10.2. The number of nitro groups is 1. The van der Waals surface area contributed by atoms with E-state index in [0.717, 1.165) is 17.8 Å². The van der Waals surface area contributed by atoms with Crippen LogP contribution in [0.15, 0.2) is 46.2 Å². The van der Waals surface area contributed by atoms with Crippen molar-refractivity contribution in [3.05, 3.63) is 63.7 Å². The third-order valence-electron chi connectivity index (χ3n) is 2.76. The maximum Gasteiger partial charge on any atom is 0.283 e. The van der Waals surface area contributed by atoms with E-state index in [1.807, 2.05) is 0 Å². The van der Waals surface area contributed by atoms with Crippen molar-refractivity contribution in [1.29, 1.82) is 0 Å². The fourth-order valence-electron chi connectivity index (χ4n) is 1.71. The Morgan fingerprint density at radius 1 is 1.18 bits per heavy atom. The highest BCUT2D eigenvalue weighted by atomic mass is 32.2. The van der Waals surface area contributed by atoms with Crippen LogP contribution in [0, 0.1) is 21.7 Å². The van der Waals surface area contributed by atoms with Gasteiger partial charge in [-0.2, -0.15) is 0 Å². The number of hydrogen-bond acceptors (Lipinski definition) is 4. The smallest absolute Gasteiger partial charge is 0.283 e. The number of amides is 1. The quantitative estimate of drug-likeness (QED) is 0.691. The van der Waals surface area contributed by atoms with Crippen LogP contribution in [-0.2, 0) is 0 Å². The van der Waals surface area contributed by atoms with Gasteiger partial charge in [-0.1, -0.05) is 11.8 Å². The van der Waals surface area contributed by atoms with Crippen molar-refractivity contribution in [3.8, 4) is 0 Å². The molecule has 2 rings (SSSR count). The van der Waals surface area contributed by atoms with Gasteiger partial charge in [0.1, 0.15) is 11.6 Å². The van der Waals surface area contributed by atoms with Gasteiger partial charge in [0.05, 0.1) is 9.82 Å². The van der Waals surface area contributed by atoms with E-state index in [0.29, 0.717) is 6.07 Å². The predicted octanol–water partition coefficient (Wildman–Crippen LogP) is 3.38. The van der Waals surface area contributed by atoms with Crippen LogP contribution >= 0.6 is 11.8 Å². The van der Waals surface area contributed by atoms with Crippen LogP contribution in [0.4, 0.5) is 14.5 Å². The SMILES string of the molecule is CNC(=O)c1ccc([N+](=O)[O-])c(Sc2ccc(F)cc2F)c1. The summed E-state index contributed by atoms with van der Waals surface area (Å²) >= 11 is 0.757. The Morgan fingerprint density at radius 3 is 2.50 bits per heavy atom. The van der Waals surface area contributed by atoms with Crippen LogP contribution in [-0.4, -0.2) is 17.9 Å². The molecule has 1 amide bonds. The maximum absolute atomic E-state index is 13.7. The van der Waals surface area contributed by atoms with E-state index in [9.17, 15) is 23.7 Å². The Labute approximate surface area is 128 Å². The van der Waals surface area contributed by atoms with Crippen molar-refractivity contribution in [2.24, 2.45) is 0 Å². The molecule has 0 heterocycles. The van der Waals surface area contributed by atoms with Gasteiger partial charge in [-0.25, -0.2) is 8.78 Å². The lowest BCUT2D eigenvalue weighted by Gasteiger charge is -2.07. The molecule has 5 nitrogen and oxygen atoms in total. The molecular weight excluding hydrogens is 314 g/mol. The van der Waals surface area contributed by atoms with E-state index in [-0.39, 0.29) is 21.0 Å². The average molecular weight is 324 g/mol. The number of rotatable bonds is 4. The molecule has 0 aliphatic heterocycles. The van der Waals surface area contributed by atoms with Gasteiger partial charge in [0.2, 0.25) is 0 Å². The first-order valence-corrected chi connectivity index (χ1v) is 6.87. The molecular formula is C14H10F2N2O3S. The van der Waals surface area contributed by atoms with Crippen LogP contribution < -0.4 is 5.32 Å². The number of hydrogen-bond donors (Lipinski definition) is 1. The molecule has 0 spiro atoms. The topological polar surface area (TPSA) is 72.2 Å². The molecule has 0 aromatic heterocycles. The molecule has 0 fully saturated rings. The molecule has 1 N–H and O–H groups in total. The molecule has 0 atom stereocenters. The van der Waals surface area contributed by atoms with Crippen molar-refractivity contribution in [2.45, 2.75) is 9.79 Å². The second kappa shape index (κ2) is 6.52. The molecule has 0 radical (unpaired) electrons. The van der Waals surface area contributed by atoms with Gasteiger partial charge in [-0.15, -0.1) is 0 Å². The van der Waals surface area contributed by atoms with Crippen LogP contribution in [0.3, 0.4) is 0 Å². The summed E-state index contributed by atoms with van der Waals surface area (Å²) < 4.78 is 26.6.